The summed E-state index contributed by atoms with van der Waals surface area (Å²) in [6.45, 7) is 0. The van der Waals surface area contributed by atoms with Gasteiger partial charge in [-0.1, -0.05) is 0 Å². The highest BCUT2D eigenvalue weighted by Crippen LogP contribution is 2.40. The first-order chi connectivity index (χ1) is 8.41. The predicted molar refractivity (Wildman–Crippen MR) is 62.0 cm³/mol. The van der Waals surface area contributed by atoms with E-state index in [1.807, 2.05) is 0 Å². The molecule has 1 aromatic heterocycles. The minimum absolute atomic E-state index is 0.00734. The number of H-pyrrole nitrogens is 1. The number of phenolic OH excluding ortho intramolecular Hbond substituents is 2. The fourth-order valence-corrected chi connectivity index (χ4v) is 1.98. The second kappa shape index (κ2) is 4.30. The summed E-state index contributed by atoms with van der Waals surface area (Å²) in [5, 5.41) is 33.1. The minimum Gasteiger partial charge on any atom is -0.504 e. The Hall–Kier alpha value is -2.09. The van der Waals surface area contributed by atoms with E-state index >= 15 is 0 Å². The quantitative estimate of drug-likeness (QED) is 0.635. The van der Waals surface area contributed by atoms with Gasteiger partial charge in [0.1, 0.15) is 5.69 Å². The molecule has 1 heterocycles. The average Bonchev–Trinajstić information content (AvgIpc) is 2.75. The molecule has 0 aliphatic heterocycles. The van der Waals surface area contributed by atoms with Gasteiger partial charge in [-0.15, -0.1) is 0 Å². The van der Waals surface area contributed by atoms with Crippen molar-refractivity contribution in [3.8, 4) is 22.8 Å². The molecule has 2 aromatic rings. The number of aromatic hydroxyl groups is 2. The lowest BCUT2D eigenvalue weighted by molar-refractivity contribution is 0.0690. The van der Waals surface area contributed by atoms with Crippen molar-refractivity contribution in [2.45, 2.75) is 0 Å². The number of phenols is 2. The maximum atomic E-state index is 13.8. The Morgan fingerprint density at radius 3 is 2.61 bits per heavy atom. The van der Waals surface area contributed by atoms with Crippen LogP contribution in [-0.2, 0) is 0 Å². The molecule has 8 heteroatoms. The molecule has 0 saturated carbocycles. The number of carbonyl (C=O) groups is 1. The molecule has 0 unspecified atom stereocenters. The Kier molecular flexibility index (Phi) is 2.95. The van der Waals surface area contributed by atoms with E-state index in [4.69, 9.17) is 5.11 Å². The number of carboxylic acid groups (broad SMARTS) is 1. The first-order valence-corrected chi connectivity index (χ1v) is 5.40. The maximum absolute atomic E-state index is 13.8. The van der Waals surface area contributed by atoms with E-state index in [-0.39, 0.29) is 21.4 Å². The molecule has 0 radical (unpaired) electrons. The van der Waals surface area contributed by atoms with Crippen molar-refractivity contribution in [2.24, 2.45) is 0 Å². The van der Waals surface area contributed by atoms with Crippen LogP contribution < -0.4 is 0 Å². The topological polar surface area (TPSA) is 106 Å². The highest BCUT2D eigenvalue weighted by atomic mass is 79.9. The summed E-state index contributed by atoms with van der Waals surface area (Å²) < 4.78 is 13.9. The third-order valence-corrected chi connectivity index (χ3v) is 2.86. The molecule has 0 fully saturated rings. The Morgan fingerprint density at radius 2 is 2.06 bits per heavy atom. The lowest BCUT2D eigenvalue weighted by Crippen LogP contribution is -1.95. The van der Waals surface area contributed by atoms with E-state index in [2.05, 4.69) is 26.1 Å². The summed E-state index contributed by atoms with van der Waals surface area (Å²) in [5.74, 6) is -3.89. The summed E-state index contributed by atoms with van der Waals surface area (Å²) in [7, 11) is 0. The van der Waals surface area contributed by atoms with Gasteiger partial charge in [0.25, 0.3) is 0 Å². The van der Waals surface area contributed by atoms with Crippen LogP contribution in [0.1, 0.15) is 10.5 Å². The number of aromatic carboxylic acids is 1. The van der Waals surface area contributed by atoms with Gasteiger partial charge >= 0.3 is 5.97 Å². The highest BCUT2D eigenvalue weighted by Gasteiger charge is 2.20. The zero-order valence-corrected chi connectivity index (χ0v) is 10.2. The van der Waals surface area contributed by atoms with Crippen LogP contribution in [0.5, 0.6) is 11.5 Å². The predicted octanol–water partition coefficient (Wildman–Crippen LogP) is 2.09. The minimum atomic E-state index is -1.24. The average molecular weight is 317 g/mol. The van der Waals surface area contributed by atoms with Crippen LogP contribution in [0.3, 0.4) is 0 Å². The number of hydrogen-bond donors (Lipinski definition) is 4. The molecular formula is C10H6BrFN2O4. The lowest BCUT2D eigenvalue weighted by atomic mass is 10.1. The molecule has 0 saturated heterocycles. The van der Waals surface area contributed by atoms with Crippen LogP contribution in [0.15, 0.2) is 16.6 Å². The van der Waals surface area contributed by atoms with Gasteiger partial charge in [-0.2, -0.15) is 5.10 Å². The van der Waals surface area contributed by atoms with E-state index in [0.717, 1.165) is 12.1 Å². The van der Waals surface area contributed by atoms with Gasteiger partial charge in [-0.25, -0.2) is 9.18 Å². The lowest BCUT2D eigenvalue weighted by Gasteiger charge is -2.06. The number of hydrogen-bond acceptors (Lipinski definition) is 4. The largest absolute Gasteiger partial charge is 0.504 e. The summed E-state index contributed by atoms with van der Waals surface area (Å²) in [6, 6.07) is 2.20. The fraction of sp³-hybridized carbons (Fsp3) is 0. The number of nitrogens with one attached hydrogen (secondary N) is 1. The number of aromatic amines is 1. The molecule has 0 bridgehead atoms. The first kappa shape index (κ1) is 12.4. The summed E-state index contributed by atoms with van der Waals surface area (Å²) >= 11 is 3.00. The molecular weight excluding hydrogens is 311 g/mol. The van der Waals surface area contributed by atoms with E-state index in [1.165, 1.54) is 0 Å². The molecule has 1 aromatic carbocycles. The fourth-order valence-electron chi connectivity index (χ4n) is 1.39. The summed E-state index contributed by atoms with van der Waals surface area (Å²) in [5.41, 5.74) is -0.370. The van der Waals surface area contributed by atoms with Crippen molar-refractivity contribution in [1.29, 1.82) is 0 Å². The van der Waals surface area contributed by atoms with E-state index in [1.54, 1.807) is 0 Å². The number of halogens is 2. The van der Waals surface area contributed by atoms with E-state index < -0.39 is 23.3 Å². The standard InChI is InChI=1S/C10H6BrFN2O4/c11-3-1-6(15)9(16)8(12)7(3)4-2-5(10(17)18)14-13-4/h1-2,15-16H,(H,13,14)(H,17,18). The molecule has 6 nitrogen and oxygen atoms in total. The second-order valence-electron chi connectivity index (χ2n) is 3.39. The van der Waals surface area contributed by atoms with Crippen LogP contribution in [0.25, 0.3) is 11.3 Å². The monoisotopic (exact) mass is 316 g/mol. The number of benzene rings is 1. The van der Waals surface area contributed by atoms with Gasteiger partial charge in [0.2, 0.25) is 0 Å². The van der Waals surface area contributed by atoms with Gasteiger partial charge in [0.15, 0.2) is 17.3 Å². The molecule has 94 valence electrons. The first-order valence-electron chi connectivity index (χ1n) is 4.60. The van der Waals surface area contributed by atoms with Gasteiger partial charge in [-0.3, -0.25) is 5.10 Å². The number of nitrogens with zero attached hydrogens (tertiary/aromatic N) is 1. The SMILES string of the molecule is O=C(O)c1cc(-c2c(Br)cc(O)c(O)c2F)n[nH]1. The van der Waals surface area contributed by atoms with E-state index in [0.29, 0.717) is 0 Å². The molecule has 0 amide bonds. The van der Waals surface area contributed by atoms with Crippen LogP contribution in [0.2, 0.25) is 0 Å². The molecule has 4 N–H and O–H groups in total. The van der Waals surface area contributed by atoms with Gasteiger partial charge in [0, 0.05) is 4.47 Å². The van der Waals surface area contributed by atoms with Crippen LogP contribution in [0.4, 0.5) is 4.39 Å². The highest BCUT2D eigenvalue weighted by molar-refractivity contribution is 9.10. The van der Waals surface area contributed by atoms with Crippen molar-refractivity contribution < 1.29 is 24.5 Å². The molecule has 0 spiro atoms. The maximum Gasteiger partial charge on any atom is 0.353 e. The number of rotatable bonds is 2. The van der Waals surface area contributed by atoms with Crippen molar-refractivity contribution in [1.82, 2.24) is 10.2 Å². The Labute approximate surface area is 108 Å². The third kappa shape index (κ3) is 1.90. The van der Waals surface area contributed by atoms with E-state index in [9.17, 15) is 19.4 Å². The zero-order valence-electron chi connectivity index (χ0n) is 8.61. The summed E-state index contributed by atoms with van der Waals surface area (Å²) in [4.78, 5) is 10.7. The smallest absolute Gasteiger partial charge is 0.353 e. The molecule has 18 heavy (non-hydrogen) atoms. The Morgan fingerprint density at radius 1 is 1.39 bits per heavy atom. The third-order valence-electron chi connectivity index (χ3n) is 2.24. The van der Waals surface area contributed by atoms with Crippen LogP contribution >= 0.6 is 15.9 Å². The molecule has 0 aliphatic rings. The second-order valence-corrected chi connectivity index (χ2v) is 4.24. The van der Waals surface area contributed by atoms with Crippen molar-refractivity contribution in [2.75, 3.05) is 0 Å². The van der Waals surface area contributed by atoms with Crippen LogP contribution in [-0.4, -0.2) is 31.5 Å². The molecule has 0 atom stereocenters. The number of carboxylic acids is 1. The van der Waals surface area contributed by atoms with Gasteiger partial charge < -0.3 is 15.3 Å². The molecule has 0 aliphatic carbocycles. The van der Waals surface area contributed by atoms with Crippen molar-refractivity contribution >= 4 is 21.9 Å². The van der Waals surface area contributed by atoms with Gasteiger partial charge in [-0.05, 0) is 28.1 Å². The summed E-state index contributed by atoms with van der Waals surface area (Å²) in [6.07, 6.45) is 0. The molecule has 2 rings (SSSR count). The zero-order chi connectivity index (χ0) is 13.4. The van der Waals surface area contributed by atoms with Crippen molar-refractivity contribution in [3.05, 3.63) is 28.1 Å². The van der Waals surface area contributed by atoms with Crippen molar-refractivity contribution in [3.63, 3.8) is 0 Å². The van der Waals surface area contributed by atoms with Gasteiger partial charge in [0.05, 0.1) is 11.3 Å². The number of aromatic nitrogens is 2. The Balaban J connectivity index is 2.63. The Bertz CT molecular complexity index is 641. The van der Waals surface area contributed by atoms with Crippen LogP contribution in [0, 0.1) is 5.82 Å². The normalized spacial score (nSPS) is 10.6.